The average Bonchev–Trinajstić information content (AvgIpc) is 3.37. The molecule has 0 radical (unpaired) electrons. The van der Waals surface area contributed by atoms with Crippen molar-refractivity contribution in [1.29, 1.82) is 0 Å². The number of hydrogen-bond acceptors (Lipinski definition) is 14. The number of ether oxygens (including phenoxy) is 6. The van der Waals surface area contributed by atoms with Crippen LogP contribution in [0, 0.1) is 0 Å². The van der Waals surface area contributed by atoms with Gasteiger partial charge in [-0.2, -0.15) is 0 Å². The van der Waals surface area contributed by atoms with Gasteiger partial charge in [0.05, 0.1) is 26.4 Å². The molecule has 0 saturated carbocycles. The summed E-state index contributed by atoms with van der Waals surface area (Å²) in [5.41, 5.74) is 0. The van der Waals surface area contributed by atoms with E-state index in [9.17, 15) is 40.5 Å². The first kappa shape index (κ1) is 66.1. The van der Waals surface area contributed by atoms with Gasteiger partial charge in [-0.25, -0.2) is 0 Å². The van der Waals surface area contributed by atoms with Crippen molar-refractivity contribution in [2.24, 2.45) is 0 Å². The Morgan fingerprint density at radius 1 is 0.408 bits per heavy atom. The van der Waals surface area contributed by atoms with Crippen LogP contribution in [0.5, 0.6) is 0 Å². The predicted molar refractivity (Wildman–Crippen MR) is 280 cm³/mol. The van der Waals surface area contributed by atoms with E-state index in [1.165, 1.54) is 193 Å². The van der Waals surface area contributed by atoms with E-state index in [0.717, 1.165) is 44.9 Å². The van der Waals surface area contributed by atoms with Crippen LogP contribution in [0.4, 0.5) is 0 Å². The monoisotopic (exact) mass is 1020 g/mol. The van der Waals surface area contributed by atoms with Crippen LogP contribution in [0.2, 0.25) is 0 Å². The van der Waals surface area contributed by atoms with Gasteiger partial charge in [0, 0.05) is 13.0 Å². The van der Waals surface area contributed by atoms with Gasteiger partial charge in [0.15, 0.2) is 12.6 Å². The Bertz CT molecular complexity index is 1180. The number of rotatable bonds is 49. The lowest BCUT2D eigenvalue weighted by molar-refractivity contribution is -0.332. The van der Waals surface area contributed by atoms with Crippen LogP contribution in [0.3, 0.4) is 0 Å². The highest BCUT2D eigenvalue weighted by atomic mass is 16.7. The molecule has 2 aliphatic heterocycles. The molecule has 7 N–H and O–H groups in total. The molecular formula is C57H110O14. The Kier molecular flexibility index (Phi) is 42.1. The summed E-state index contributed by atoms with van der Waals surface area (Å²) in [6.45, 7) is 3.77. The molecule has 0 aliphatic carbocycles. The van der Waals surface area contributed by atoms with E-state index in [4.69, 9.17) is 28.4 Å². The summed E-state index contributed by atoms with van der Waals surface area (Å²) in [6, 6.07) is 0. The average molecular weight is 1020 g/mol. The Morgan fingerprint density at radius 2 is 0.746 bits per heavy atom. The van der Waals surface area contributed by atoms with Gasteiger partial charge in [0.1, 0.15) is 54.9 Å². The zero-order chi connectivity index (χ0) is 51.6. The summed E-state index contributed by atoms with van der Waals surface area (Å²) in [6.07, 6.45) is 31.6. The van der Waals surface area contributed by atoms with E-state index < -0.39 is 80.7 Å². The van der Waals surface area contributed by atoms with Gasteiger partial charge >= 0.3 is 5.97 Å². The van der Waals surface area contributed by atoms with Crippen molar-refractivity contribution in [3.8, 4) is 0 Å². The third kappa shape index (κ3) is 32.2. The highest BCUT2D eigenvalue weighted by Crippen LogP contribution is 2.27. The minimum atomic E-state index is -1.70. The van der Waals surface area contributed by atoms with Crippen molar-refractivity contribution in [1.82, 2.24) is 0 Å². The first-order valence-corrected chi connectivity index (χ1v) is 29.6. The van der Waals surface area contributed by atoms with Crippen LogP contribution in [0.15, 0.2) is 0 Å². The van der Waals surface area contributed by atoms with Crippen LogP contribution >= 0.6 is 0 Å². The maximum absolute atomic E-state index is 13.1. The van der Waals surface area contributed by atoms with Gasteiger partial charge in [0.2, 0.25) is 0 Å². The second-order valence-corrected chi connectivity index (χ2v) is 21.2. The summed E-state index contributed by atoms with van der Waals surface area (Å²) in [5, 5.41) is 72.3. The SMILES string of the molecule is CCCCCCCCCCCCCCCCCCCCCCCC(=O)OC(COCCCCCCCCCCCCCCCCCC)COC1OC(COC2OC(CO)C(O)C(O)C2O)C(O)C(O)C1O. The minimum Gasteiger partial charge on any atom is -0.457 e. The quantitative estimate of drug-likeness (QED) is 0.0223. The van der Waals surface area contributed by atoms with Gasteiger partial charge in [-0.1, -0.05) is 239 Å². The van der Waals surface area contributed by atoms with E-state index in [0.29, 0.717) is 6.61 Å². The van der Waals surface area contributed by atoms with Crippen LogP contribution < -0.4 is 0 Å². The number of esters is 1. The fourth-order valence-corrected chi connectivity index (χ4v) is 9.82. The third-order valence-corrected chi connectivity index (χ3v) is 14.6. The van der Waals surface area contributed by atoms with Crippen LogP contribution in [0.1, 0.15) is 258 Å². The van der Waals surface area contributed by atoms with E-state index in [2.05, 4.69) is 13.8 Å². The van der Waals surface area contributed by atoms with E-state index >= 15 is 0 Å². The predicted octanol–water partition coefficient (Wildman–Crippen LogP) is 10.4. The molecule has 2 saturated heterocycles. The van der Waals surface area contributed by atoms with Gasteiger partial charge in [-0.3, -0.25) is 4.79 Å². The Labute approximate surface area is 432 Å². The molecule has 2 heterocycles. The molecule has 0 bridgehead atoms. The molecule has 0 aromatic rings. The third-order valence-electron chi connectivity index (χ3n) is 14.6. The van der Waals surface area contributed by atoms with E-state index in [1.807, 2.05) is 0 Å². The highest BCUT2D eigenvalue weighted by molar-refractivity contribution is 5.69. The van der Waals surface area contributed by atoms with Crippen LogP contribution in [-0.4, -0.2) is 142 Å². The first-order valence-electron chi connectivity index (χ1n) is 29.6. The Hall–Kier alpha value is -1.01. The fourth-order valence-electron chi connectivity index (χ4n) is 9.82. The molecular weight excluding hydrogens is 909 g/mol. The molecule has 0 spiro atoms. The fraction of sp³-hybridized carbons (Fsp3) is 0.982. The van der Waals surface area contributed by atoms with Crippen LogP contribution in [-0.2, 0) is 33.2 Å². The molecule has 14 nitrogen and oxygen atoms in total. The maximum Gasteiger partial charge on any atom is 0.306 e. The summed E-state index contributed by atoms with van der Waals surface area (Å²) >= 11 is 0. The first-order chi connectivity index (χ1) is 34.6. The molecule has 11 atom stereocenters. The number of carbonyl (C=O) groups excluding carboxylic acids is 1. The summed E-state index contributed by atoms with van der Waals surface area (Å²) in [5.74, 6) is -0.367. The van der Waals surface area contributed by atoms with Crippen molar-refractivity contribution in [3.05, 3.63) is 0 Å². The molecule has 2 rings (SSSR count). The largest absolute Gasteiger partial charge is 0.457 e. The molecule has 71 heavy (non-hydrogen) atoms. The highest BCUT2D eigenvalue weighted by Gasteiger charge is 2.47. The second kappa shape index (κ2) is 45.2. The smallest absolute Gasteiger partial charge is 0.306 e. The van der Waals surface area contributed by atoms with Crippen molar-refractivity contribution < 1.29 is 69.0 Å². The number of unbranched alkanes of at least 4 members (excludes halogenated alkanes) is 35. The topological polar surface area (TPSA) is 214 Å². The lowest BCUT2D eigenvalue weighted by atomic mass is 9.98. The zero-order valence-electron chi connectivity index (χ0n) is 45.2. The van der Waals surface area contributed by atoms with Crippen molar-refractivity contribution in [2.45, 2.75) is 325 Å². The molecule has 0 amide bonds. The van der Waals surface area contributed by atoms with Crippen molar-refractivity contribution in [3.63, 3.8) is 0 Å². The summed E-state index contributed by atoms with van der Waals surface area (Å²) < 4.78 is 34.4. The maximum atomic E-state index is 13.1. The molecule has 14 heteroatoms. The summed E-state index contributed by atoms with van der Waals surface area (Å²) in [7, 11) is 0. The van der Waals surface area contributed by atoms with Crippen molar-refractivity contribution in [2.75, 3.05) is 33.0 Å². The normalized spacial score (nSPS) is 25.2. The molecule has 2 fully saturated rings. The molecule has 11 unspecified atom stereocenters. The van der Waals surface area contributed by atoms with E-state index in [1.54, 1.807) is 0 Å². The second-order valence-electron chi connectivity index (χ2n) is 21.2. The number of carbonyl (C=O) groups is 1. The molecule has 0 aromatic heterocycles. The van der Waals surface area contributed by atoms with E-state index in [-0.39, 0.29) is 25.6 Å². The number of aliphatic hydroxyl groups excluding tert-OH is 7. The van der Waals surface area contributed by atoms with Gasteiger partial charge in [0.25, 0.3) is 0 Å². The number of hydrogen-bond donors (Lipinski definition) is 7. The molecule has 0 aromatic carbocycles. The van der Waals surface area contributed by atoms with Gasteiger partial charge in [-0.15, -0.1) is 0 Å². The minimum absolute atomic E-state index is 0.0709. The standard InChI is InChI=1S/C57H110O14/c1-3-5-7-9-11-13-15-17-19-21-22-23-24-25-26-28-30-32-34-36-38-40-49(59)69-46(43-66-41-39-37-35-33-31-29-27-20-18-16-14-12-10-8-6-4-2)44-67-56-55(65)53(63)51(61)48(71-56)45-68-57-54(64)52(62)50(60)47(42-58)70-57/h46-48,50-58,60-65H,3-45H2,1-2H3. The van der Waals surface area contributed by atoms with Gasteiger partial charge in [-0.05, 0) is 12.8 Å². The van der Waals surface area contributed by atoms with Gasteiger partial charge < -0.3 is 64.2 Å². The molecule has 422 valence electrons. The van der Waals surface area contributed by atoms with Crippen LogP contribution in [0.25, 0.3) is 0 Å². The number of aliphatic hydroxyl groups is 7. The Balaban J connectivity index is 1.69. The Morgan fingerprint density at radius 3 is 1.14 bits per heavy atom. The molecule has 2 aliphatic rings. The lowest BCUT2D eigenvalue weighted by Gasteiger charge is -2.42. The summed E-state index contributed by atoms with van der Waals surface area (Å²) in [4.78, 5) is 13.1. The van der Waals surface area contributed by atoms with Crippen molar-refractivity contribution >= 4 is 5.97 Å². The lowest BCUT2D eigenvalue weighted by Crippen LogP contribution is -2.61. The zero-order valence-corrected chi connectivity index (χ0v) is 45.2.